The number of nitrogens with one attached hydrogen (secondary N) is 2. The van der Waals surface area contributed by atoms with Crippen molar-refractivity contribution in [2.24, 2.45) is 0 Å². The maximum atomic E-state index is 16.1. The summed E-state index contributed by atoms with van der Waals surface area (Å²) in [4.78, 5) is 35.4. The second-order valence-electron chi connectivity index (χ2n) is 19.1. The van der Waals surface area contributed by atoms with E-state index in [9.17, 15) is 15.0 Å². The van der Waals surface area contributed by atoms with E-state index in [1.165, 1.54) is 49.2 Å². The number of terminal acetylenes is 1. The zero-order valence-electron chi connectivity index (χ0n) is 40.6. The average molecular weight is 948 g/mol. The Balaban J connectivity index is 0.000000155. The summed E-state index contributed by atoms with van der Waals surface area (Å²) < 4.78 is 22.8. The third-order valence-corrected chi connectivity index (χ3v) is 13.9. The number of ether oxygens (including phenoxy) is 1. The van der Waals surface area contributed by atoms with E-state index >= 15 is 4.39 Å². The fourth-order valence-corrected chi connectivity index (χ4v) is 10.0. The van der Waals surface area contributed by atoms with E-state index in [0.717, 1.165) is 69.4 Å². The Bertz CT molecular complexity index is 3060. The highest BCUT2D eigenvalue weighted by Crippen LogP contribution is 2.39. The minimum Gasteiger partial charge on any atom is -0.508 e. The molecule has 0 spiro atoms. The van der Waals surface area contributed by atoms with Gasteiger partial charge in [0.25, 0.3) is 0 Å². The molecule has 2 atom stereocenters. The molecule has 0 aliphatic carbocycles. The van der Waals surface area contributed by atoms with E-state index in [1.807, 2.05) is 74.5 Å². The zero-order chi connectivity index (χ0) is 49.1. The fraction of sp³-hybridized carbons (Fsp3) is 0.389. The number of likely N-dealkylation sites (N-methyl/N-ethyl adjacent to an activating group) is 1. The summed E-state index contributed by atoms with van der Waals surface area (Å²) in [6.07, 6.45) is 12.5. The van der Waals surface area contributed by atoms with E-state index in [0.29, 0.717) is 57.1 Å². The highest BCUT2D eigenvalue weighted by Gasteiger charge is 2.34. The molecule has 3 aromatic heterocycles. The van der Waals surface area contributed by atoms with Crippen LogP contribution in [-0.2, 0) is 6.54 Å². The number of anilines is 1. The number of aromatic hydroxyl groups is 2. The molecule has 0 saturated carbocycles. The number of halogens is 1. The molecule has 2 unspecified atom stereocenters. The van der Waals surface area contributed by atoms with Crippen LogP contribution in [0.3, 0.4) is 0 Å². The normalized spacial score (nSPS) is 18.4. The lowest BCUT2D eigenvalue weighted by atomic mass is 9.97. The Labute approximate surface area is 408 Å². The van der Waals surface area contributed by atoms with Crippen molar-refractivity contribution in [2.75, 3.05) is 78.5 Å². The molecule has 16 heteroatoms. The van der Waals surface area contributed by atoms with Crippen molar-refractivity contribution in [3.05, 3.63) is 112 Å². The molecule has 4 aromatic carbocycles. The zero-order valence-corrected chi connectivity index (χ0v) is 40.6. The van der Waals surface area contributed by atoms with Gasteiger partial charge in [0.05, 0.1) is 23.7 Å². The first kappa shape index (κ1) is 48.1. The number of phenols is 2. The van der Waals surface area contributed by atoms with E-state index in [4.69, 9.17) is 11.2 Å². The second-order valence-corrected chi connectivity index (χ2v) is 19.1. The van der Waals surface area contributed by atoms with Gasteiger partial charge in [0.15, 0.2) is 11.6 Å². The topological polar surface area (TPSA) is 164 Å². The van der Waals surface area contributed by atoms with Crippen molar-refractivity contribution >= 4 is 27.5 Å². The van der Waals surface area contributed by atoms with Crippen molar-refractivity contribution in [3.8, 4) is 58.2 Å². The molecule has 364 valence electrons. The van der Waals surface area contributed by atoms with Crippen LogP contribution in [0.5, 0.6) is 17.5 Å². The van der Waals surface area contributed by atoms with Gasteiger partial charge in [0, 0.05) is 86.7 Å². The molecular weight excluding hydrogens is 886 g/mol. The van der Waals surface area contributed by atoms with Gasteiger partial charge in [0.2, 0.25) is 0 Å². The molecule has 0 amide bonds. The number of aromatic amines is 1. The van der Waals surface area contributed by atoms with Crippen molar-refractivity contribution in [1.82, 2.24) is 49.7 Å². The molecule has 7 aromatic rings. The van der Waals surface area contributed by atoms with Crippen molar-refractivity contribution in [2.45, 2.75) is 64.1 Å². The third kappa shape index (κ3) is 10.2. The lowest BCUT2D eigenvalue weighted by molar-refractivity contribution is 0.148. The smallest absolute Gasteiger partial charge is 0.348 e. The molecule has 4 aliphatic rings. The first-order valence-corrected chi connectivity index (χ1v) is 24.2. The maximum Gasteiger partial charge on any atom is 0.348 e. The van der Waals surface area contributed by atoms with E-state index in [-0.39, 0.29) is 40.3 Å². The summed E-state index contributed by atoms with van der Waals surface area (Å²) in [7, 11) is 5.81. The molecule has 4 aliphatic heterocycles. The number of fused-ring (bicyclic) bond motifs is 4. The number of hydrogen-bond donors (Lipinski definition) is 4. The van der Waals surface area contributed by atoms with Crippen molar-refractivity contribution in [3.63, 3.8) is 0 Å². The standard InChI is InChI=1S/C26H22FN5O.C23H29N5O3.C5H11N/c1-3-15-6-4-7-16-8-5-9-19(21(15)16)23-22(27)24-20(12-28-23)25(31-26(30-24)33-2)32-13-17-10-11-18(14-32)29-17;1-15(2)18-12-19(21(30)13-20(18)29)22-24-25-23(31)28(22)17-6-4-16(5-7-17)14-27-10-8-26(3)9-11-27;1-6-4-2-3-5-6/h1,4-9,12,17-18,29H,10-11,13-14H2,2H3;4-7,12-13,15,29-30H,8-11,14H2,1-3H3,(H,25,31);2-5H2,1H3. The Hall–Kier alpha value is -6.90. The predicted octanol–water partition coefficient (Wildman–Crippen LogP) is 7.14. The van der Waals surface area contributed by atoms with Crippen LogP contribution in [0, 0.1) is 18.2 Å². The maximum absolute atomic E-state index is 16.1. The van der Waals surface area contributed by atoms with Crippen LogP contribution in [0.25, 0.3) is 50.0 Å². The van der Waals surface area contributed by atoms with Gasteiger partial charge in [-0.2, -0.15) is 15.1 Å². The lowest BCUT2D eigenvalue weighted by Gasteiger charge is -2.34. The van der Waals surface area contributed by atoms with Gasteiger partial charge in [-0.1, -0.05) is 62.2 Å². The van der Waals surface area contributed by atoms with Gasteiger partial charge in [-0.05, 0) is 99.6 Å². The molecule has 0 radical (unpaired) electrons. The van der Waals surface area contributed by atoms with Crippen LogP contribution < -0.4 is 20.6 Å². The van der Waals surface area contributed by atoms with Gasteiger partial charge in [0.1, 0.15) is 28.5 Å². The summed E-state index contributed by atoms with van der Waals surface area (Å²) in [5.74, 6) is 3.11. The number of rotatable bonds is 8. The Morgan fingerprint density at radius 1 is 0.871 bits per heavy atom. The van der Waals surface area contributed by atoms with Crippen LogP contribution in [0.4, 0.5) is 10.2 Å². The van der Waals surface area contributed by atoms with Gasteiger partial charge in [-0.25, -0.2) is 18.9 Å². The molecule has 70 heavy (non-hydrogen) atoms. The average Bonchev–Trinajstić information content (AvgIpc) is 4.10. The van der Waals surface area contributed by atoms with Gasteiger partial charge >= 0.3 is 11.7 Å². The molecule has 11 rings (SSSR count). The Kier molecular flexibility index (Phi) is 14.4. The number of aromatic nitrogens is 6. The minimum atomic E-state index is -0.508. The molecular formula is C54H62FN11O4. The number of benzene rings is 4. The van der Waals surface area contributed by atoms with Gasteiger partial charge in [-0.15, -0.1) is 6.42 Å². The SMILES string of the molecule is C#Cc1cccc2cccc(-c3ncc4c(N5CC6CCC(C5)N6)nc(OC)nc4c3F)c12.CC(C)c1cc(-c2n[nH]c(=O)n2-c2ccc(CN3CCN(C)CC3)cc2)c(O)cc1O.CN1CCCC1. The third-order valence-electron chi connectivity index (χ3n) is 13.9. The number of nitrogens with zero attached hydrogens (tertiary/aromatic N) is 9. The second kappa shape index (κ2) is 21.0. The van der Waals surface area contributed by atoms with Crippen LogP contribution in [0.15, 0.2) is 83.8 Å². The highest BCUT2D eigenvalue weighted by atomic mass is 19.1. The van der Waals surface area contributed by atoms with Crippen molar-refractivity contribution in [1.29, 1.82) is 0 Å². The molecule has 4 N–H and O–H groups in total. The number of piperazine rings is 2. The molecule has 4 fully saturated rings. The van der Waals surface area contributed by atoms with E-state index in [1.54, 1.807) is 12.3 Å². The molecule has 15 nitrogen and oxygen atoms in total. The Morgan fingerprint density at radius 3 is 2.20 bits per heavy atom. The number of hydrogen-bond acceptors (Lipinski definition) is 13. The summed E-state index contributed by atoms with van der Waals surface area (Å²) in [5, 5.41) is 33.1. The number of likely N-dealkylation sites (tertiary alicyclic amines) is 1. The number of phenolic OH excluding ortho intramolecular Hbond substituents is 2. The lowest BCUT2D eigenvalue weighted by Crippen LogP contribution is -2.51. The summed E-state index contributed by atoms with van der Waals surface area (Å²) in [6, 6.07) is 23.2. The van der Waals surface area contributed by atoms with Crippen LogP contribution in [-0.4, -0.2) is 140 Å². The van der Waals surface area contributed by atoms with Crippen molar-refractivity contribution < 1.29 is 19.3 Å². The van der Waals surface area contributed by atoms with E-state index in [2.05, 4.69) is 70.1 Å². The monoisotopic (exact) mass is 947 g/mol. The molecule has 2 bridgehead atoms. The van der Waals surface area contributed by atoms with Crippen LogP contribution >= 0.6 is 0 Å². The number of pyridine rings is 1. The largest absolute Gasteiger partial charge is 0.508 e. The van der Waals surface area contributed by atoms with Gasteiger partial charge in [-0.3, -0.25) is 9.88 Å². The quantitative estimate of drug-likeness (QED) is 0.114. The number of H-pyrrole nitrogens is 1. The summed E-state index contributed by atoms with van der Waals surface area (Å²) in [6.45, 7) is 13.3. The molecule has 4 saturated heterocycles. The Morgan fingerprint density at radius 2 is 1.56 bits per heavy atom. The summed E-state index contributed by atoms with van der Waals surface area (Å²) >= 11 is 0. The van der Waals surface area contributed by atoms with Crippen LogP contribution in [0.1, 0.15) is 62.1 Å². The van der Waals surface area contributed by atoms with Crippen LogP contribution in [0.2, 0.25) is 0 Å². The minimum absolute atomic E-state index is 0.0222. The number of methoxy groups -OCH3 is 1. The predicted molar refractivity (Wildman–Crippen MR) is 273 cm³/mol. The first-order chi connectivity index (χ1) is 33.9. The highest BCUT2D eigenvalue weighted by molar-refractivity contribution is 6.02. The fourth-order valence-electron chi connectivity index (χ4n) is 10.0. The van der Waals surface area contributed by atoms with Gasteiger partial charge < -0.3 is 35.0 Å². The molecule has 7 heterocycles. The van der Waals surface area contributed by atoms with E-state index < -0.39 is 5.82 Å². The first-order valence-electron chi connectivity index (χ1n) is 24.2. The summed E-state index contributed by atoms with van der Waals surface area (Å²) in [5.41, 5.74) is 4.27.